The Hall–Kier alpha value is -2.68. The normalized spacial score (nSPS) is 14.1. The van der Waals surface area contributed by atoms with Crippen LogP contribution in [0.25, 0.3) is 0 Å². The maximum absolute atomic E-state index is 14.8. The fraction of sp³-hybridized carbons (Fsp3) is 0.550. The zero-order chi connectivity index (χ0) is 20.5. The number of nitrogens with zero attached hydrogens (tertiary/aromatic N) is 1. The van der Waals surface area contributed by atoms with Gasteiger partial charge in [0.25, 0.3) is 0 Å². The molecule has 0 atom stereocenters. The summed E-state index contributed by atoms with van der Waals surface area (Å²) in [7, 11) is 1.55. The van der Waals surface area contributed by atoms with Crippen LogP contribution in [0.3, 0.4) is 0 Å². The smallest absolute Gasteiger partial charge is 0.313 e. The molecular formula is C20H31FN4O4. The van der Waals surface area contributed by atoms with Crippen LogP contribution in [-0.2, 0) is 25.7 Å². The van der Waals surface area contributed by atoms with Gasteiger partial charge in [0.1, 0.15) is 18.9 Å². The first-order valence-electron chi connectivity index (χ1n) is 9.20. The number of nitrogens with two attached hydrogens (primary N) is 1. The number of rotatable bonds is 9. The molecule has 0 saturated carbocycles. The van der Waals surface area contributed by atoms with Crippen molar-refractivity contribution in [3.8, 4) is 0 Å². The topological polar surface area (TPSA) is 118 Å². The first-order valence-corrected chi connectivity index (χ1v) is 9.20. The molecule has 1 aromatic rings. The lowest BCUT2D eigenvalue weighted by atomic mass is 10.0. The fourth-order valence-corrected chi connectivity index (χ4v) is 3.05. The van der Waals surface area contributed by atoms with E-state index in [0.717, 1.165) is 12.8 Å². The number of halogens is 1. The summed E-state index contributed by atoms with van der Waals surface area (Å²) in [6.45, 7) is 1.40. The van der Waals surface area contributed by atoms with Crippen molar-refractivity contribution in [3.05, 3.63) is 29.6 Å². The molecule has 0 aliphatic carbocycles. The van der Waals surface area contributed by atoms with E-state index in [4.69, 9.17) is 20.6 Å². The zero-order valence-electron chi connectivity index (χ0n) is 16.0. The monoisotopic (exact) mass is 410 g/mol. The number of hydrogen-bond acceptors (Lipinski definition) is 6. The molecular weight excluding hydrogens is 379 g/mol. The Morgan fingerprint density at radius 3 is 2.66 bits per heavy atom. The first kappa shape index (κ1) is 24.4. The predicted molar refractivity (Wildman–Crippen MR) is 109 cm³/mol. The number of amides is 1. The molecule has 162 valence electrons. The number of nitrogens with one attached hydrogen (secondary N) is 2. The number of anilines is 1. The summed E-state index contributed by atoms with van der Waals surface area (Å²) >= 11 is 0. The number of benzene rings is 1. The Morgan fingerprint density at radius 2 is 2.03 bits per heavy atom. The molecule has 0 unspecified atom stereocenters. The fourth-order valence-electron chi connectivity index (χ4n) is 3.05. The van der Waals surface area contributed by atoms with Gasteiger partial charge in [-0.05, 0) is 18.9 Å². The average molecular weight is 410 g/mol. The quantitative estimate of drug-likeness (QED) is 0.325. The molecule has 1 amide bonds. The van der Waals surface area contributed by atoms with E-state index in [2.05, 4.69) is 5.32 Å². The predicted octanol–water partition coefficient (Wildman–Crippen LogP) is 1.95. The molecule has 1 aliphatic heterocycles. The molecule has 0 aromatic heterocycles. The lowest BCUT2D eigenvalue weighted by molar-refractivity contribution is -0.143. The molecule has 29 heavy (non-hydrogen) atoms. The summed E-state index contributed by atoms with van der Waals surface area (Å²) in [4.78, 5) is 25.2. The Morgan fingerprint density at radius 1 is 1.34 bits per heavy atom. The van der Waals surface area contributed by atoms with E-state index < -0.39 is 11.8 Å². The number of amidine groups is 1. The lowest BCUT2D eigenvalue weighted by Crippen LogP contribution is -2.45. The van der Waals surface area contributed by atoms with Gasteiger partial charge in [0.15, 0.2) is 5.82 Å². The minimum Gasteiger partial charge on any atom is -0.460 e. The maximum atomic E-state index is 14.8. The number of ether oxygens (including phenoxy) is 2. The average Bonchev–Trinajstić information content (AvgIpc) is 2.66. The van der Waals surface area contributed by atoms with Gasteiger partial charge in [-0.15, -0.1) is 0 Å². The number of carbonyl (C=O) groups excluding carboxylic acids is 2. The van der Waals surface area contributed by atoms with Crippen molar-refractivity contribution in [1.82, 2.24) is 5.32 Å². The van der Waals surface area contributed by atoms with Crippen LogP contribution in [-0.4, -0.2) is 50.6 Å². The van der Waals surface area contributed by atoms with Crippen LogP contribution >= 0.6 is 0 Å². The maximum Gasteiger partial charge on any atom is 0.313 e. The second-order valence-electron chi connectivity index (χ2n) is 6.68. The van der Waals surface area contributed by atoms with Crippen LogP contribution in [0.1, 0.15) is 38.7 Å². The summed E-state index contributed by atoms with van der Waals surface area (Å²) in [5.41, 5.74) is 5.86. The van der Waals surface area contributed by atoms with Crippen LogP contribution in [0.5, 0.6) is 0 Å². The van der Waals surface area contributed by atoms with Crippen LogP contribution in [0.15, 0.2) is 18.2 Å². The molecule has 1 fully saturated rings. The van der Waals surface area contributed by atoms with Gasteiger partial charge < -0.3 is 25.4 Å². The zero-order valence-corrected chi connectivity index (χ0v) is 16.0. The van der Waals surface area contributed by atoms with Gasteiger partial charge >= 0.3 is 5.97 Å². The van der Waals surface area contributed by atoms with Crippen LogP contribution in [0, 0.1) is 11.2 Å². The molecule has 0 radical (unpaired) electrons. The summed E-state index contributed by atoms with van der Waals surface area (Å²) in [6.07, 6.45) is 1.45. The molecule has 1 saturated heterocycles. The summed E-state index contributed by atoms with van der Waals surface area (Å²) < 4.78 is 24.7. The van der Waals surface area contributed by atoms with E-state index in [1.807, 2.05) is 4.90 Å². The van der Waals surface area contributed by atoms with Crippen molar-refractivity contribution in [1.29, 1.82) is 5.41 Å². The van der Waals surface area contributed by atoms with Gasteiger partial charge in [-0.25, -0.2) is 4.39 Å². The summed E-state index contributed by atoms with van der Waals surface area (Å²) in [5.74, 6) is -1.43. The van der Waals surface area contributed by atoms with Gasteiger partial charge in [-0.1, -0.05) is 19.6 Å². The molecule has 2 rings (SSSR count). The van der Waals surface area contributed by atoms with Crippen molar-refractivity contribution >= 4 is 23.4 Å². The molecule has 8 nitrogen and oxygen atoms in total. The highest BCUT2D eigenvalue weighted by atomic mass is 19.1. The number of piperidine rings is 1. The van der Waals surface area contributed by atoms with E-state index in [-0.39, 0.29) is 43.8 Å². The number of hydrogen-bond donors (Lipinski definition) is 3. The minimum absolute atomic E-state index is 0. The third-order valence-electron chi connectivity index (χ3n) is 4.52. The van der Waals surface area contributed by atoms with Crippen molar-refractivity contribution < 1.29 is 23.5 Å². The van der Waals surface area contributed by atoms with Crippen molar-refractivity contribution in [2.45, 2.75) is 45.8 Å². The Kier molecular flexibility index (Phi) is 10.1. The van der Waals surface area contributed by atoms with Gasteiger partial charge in [-0.3, -0.25) is 15.0 Å². The third kappa shape index (κ3) is 7.69. The second kappa shape index (κ2) is 12.0. The summed E-state index contributed by atoms with van der Waals surface area (Å²) in [6, 6.07) is 5.03. The Labute approximate surface area is 171 Å². The van der Waals surface area contributed by atoms with E-state index in [0.29, 0.717) is 31.8 Å². The largest absolute Gasteiger partial charge is 0.460 e. The lowest BCUT2D eigenvalue weighted by Gasteiger charge is -2.34. The highest BCUT2D eigenvalue weighted by Crippen LogP contribution is 2.26. The highest BCUT2D eigenvalue weighted by molar-refractivity contribution is 5.94. The molecule has 0 spiro atoms. The van der Waals surface area contributed by atoms with Gasteiger partial charge in [-0.2, -0.15) is 0 Å². The van der Waals surface area contributed by atoms with E-state index in [9.17, 15) is 14.0 Å². The molecule has 0 bridgehead atoms. The van der Waals surface area contributed by atoms with Gasteiger partial charge in [0, 0.05) is 38.2 Å². The van der Waals surface area contributed by atoms with Crippen molar-refractivity contribution in [2.24, 2.45) is 5.73 Å². The Balaban J connectivity index is 0.00000420. The second-order valence-corrected chi connectivity index (χ2v) is 6.68. The molecule has 4 N–H and O–H groups in total. The SMILES string of the molecule is C.COCCC(=O)NC1CCN(c2cccc(COC(=O)CC(=N)N)c2F)CC1. The molecule has 1 aliphatic rings. The van der Waals surface area contributed by atoms with Crippen LogP contribution < -0.4 is 16.0 Å². The molecule has 9 heteroatoms. The van der Waals surface area contributed by atoms with E-state index >= 15 is 0 Å². The molecule has 1 heterocycles. The van der Waals surface area contributed by atoms with Gasteiger partial charge in [0.05, 0.1) is 12.3 Å². The highest BCUT2D eigenvalue weighted by Gasteiger charge is 2.23. The number of carbonyl (C=O) groups is 2. The van der Waals surface area contributed by atoms with E-state index in [1.54, 1.807) is 25.3 Å². The standard InChI is InChI=1S/C19H27FN4O4.CH4/c1-27-10-7-17(25)23-14-5-8-24(9-6-14)15-4-2-3-13(19(15)20)12-28-18(26)11-16(21)22;/h2-4,14H,5-12H2,1H3,(H3,21,22)(H,23,25);1H4. The van der Waals surface area contributed by atoms with Crippen LogP contribution in [0.4, 0.5) is 10.1 Å². The third-order valence-corrected chi connectivity index (χ3v) is 4.52. The summed E-state index contributed by atoms with van der Waals surface area (Å²) in [5, 5.41) is 10.0. The minimum atomic E-state index is -0.665. The van der Waals surface area contributed by atoms with Gasteiger partial charge in [0.2, 0.25) is 5.91 Å². The molecule has 1 aromatic carbocycles. The number of esters is 1. The van der Waals surface area contributed by atoms with Crippen molar-refractivity contribution in [3.63, 3.8) is 0 Å². The van der Waals surface area contributed by atoms with Crippen molar-refractivity contribution in [2.75, 3.05) is 31.7 Å². The first-order chi connectivity index (χ1) is 13.4. The van der Waals surface area contributed by atoms with Crippen LogP contribution in [0.2, 0.25) is 0 Å². The van der Waals surface area contributed by atoms with E-state index in [1.165, 1.54) is 0 Å². The Bertz CT molecular complexity index is 706. The number of methoxy groups -OCH3 is 1.